The van der Waals surface area contributed by atoms with Crippen molar-refractivity contribution < 1.29 is 14.3 Å². The number of hydrogen-bond donors (Lipinski definition) is 2. The summed E-state index contributed by atoms with van der Waals surface area (Å²) in [4.78, 5) is 23.4. The second-order valence-corrected chi connectivity index (χ2v) is 5.90. The lowest BCUT2D eigenvalue weighted by molar-refractivity contribution is -0.127. The molecular formula is C17H24N2O3. The summed E-state index contributed by atoms with van der Waals surface area (Å²) in [6, 6.07) is 9.37. The van der Waals surface area contributed by atoms with E-state index in [-0.39, 0.29) is 31.0 Å². The van der Waals surface area contributed by atoms with E-state index in [1.165, 1.54) is 0 Å². The van der Waals surface area contributed by atoms with Gasteiger partial charge < -0.3 is 15.4 Å². The summed E-state index contributed by atoms with van der Waals surface area (Å²) in [6.45, 7) is 2.16. The lowest BCUT2D eigenvalue weighted by atomic mass is 9.87. The fraction of sp³-hybridized carbons (Fsp3) is 0.529. The van der Waals surface area contributed by atoms with Gasteiger partial charge in [-0.2, -0.15) is 0 Å². The largest absolute Gasteiger partial charge is 0.484 e. The molecule has 1 aromatic rings. The minimum atomic E-state index is -0.295. The fourth-order valence-corrected chi connectivity index (χ4v) is 2.58. The Morgan fingerprint density at radius 1 is 1.09 bits per heavy atom. The van der Waals surface area contributed by atoms with Gasteiger partial charge in [0.1, 0.15) is 5.75 Å². The normalized spacial score (nSPS) is 21.0. The maximum Gasteiger partial charge on any atom is 0.258 e. The molecule has 120 valence electrons. The van der Waals surface area contributed by atoms with Crippen LogP contribution in [0.15, 0.2) is 30.3 Å². The summed E-state index contributed by atoms with van der Waals surface area (Å²) in [5.74, 6) is 0.963. The zero-order chi connectivity index (χ0) is 15.8. The molecule has 1 aliphatic rings. The maximum atomic E-state index is 11.8. The van der Waals surface area contributed by atoms with E-state index in [0.717, 1.165) is 31.6 Å². The number of carbonyl (C=O) groups is 2. The lowest BCUT2D eigenvalue weighted by Gasteiger charge is -2.26. The molecule has 5 nitrogen and oxygen atoms in total. The van der Waals surface area contributed by atoms with Crippen LogP contribution in [0.2, 0.25) is 0 Å². The monoisotopic (exact) mass is 304 g/mol. The van der Waals surface area contributed by atoms with E-state index in [1.807, 2.05) is 18.2 Å². The van der Waals surface area contributed by atoms with Gasteiger partial charge in [0.05, 0.1) is 6.54 Å². The first-order valence-corrected chi connectivity index (χ1v) is 7.87. The standard InChI is InChI=1S/C17H24N2O3/c1-13-7-9-14(10-8-13)19-16(20)11-18-17(21)12-22-15-5-3-2-4-6-15/h2-6,13-14H,7-12H2,1H3,(H,18,21)(H,19,20). The SMILES string of the molecule is CC1CCC(NC(=O)CNC(=O)COc2ccccc2)CC1. The van der Waals surface area contributed by atoms with Crippen molar-refractivity contribution in [1.29, 1.82) is 0 Å². The van der Waals surface area contributed by atoms with Crippen LogP contribution in [-0.4, -0.2) is 31.0 Å². The molecule has 0 saturated heterocycles. The highest BCUT2D eigenvalue weighted by Gasteiger charge is 2.19. The number of carbonyl (C=O) groups excluding carboxylic acids is 2. The highest BCUT2D eigenvalue weighted by atomic mass is 16.5. The van der Waals surface area contributed by atoms with Crippen LogP contribution in [0.3, 0.4) is 0 Å². The van der Waals surface area contributed by atoms with E-state index in [2.05, 4.69) is 17.6 Å². The molecule has 2 N–H and O–H groups in total. The predicted molar refractivity (Wildman–Crippen MR) is 84.5 cm³/mol. The van der Waals surface area contributed by atoms with Gasteiger partial charge >= 0.3 is 0 Å². The molecule has 0 unspecified atom stereocenters. The number of ether oxygens (including phenoxy) is 1. The zero-order valence-corrected chi connectivity index (χ0v) is 13.0. The van der Waals surface area contributed by atoms with Crippen molar-refractivity contribution in [3.63, 3.8) is 0 Å². The van der Waals surface area contributed by atoms with Gasteiger partial charge in [0.25, 0.3) is 5.91 Å². The number of rotatable bonds is 6. The molecule has 0 radical (unpaired) electrons. The van der Waals surface area contributed by atoms with Gasteiger partial charge in [0.15, 0.2) is 6.61 Å². The van der Waals surface area contributed by atoms with Gasteiger partial charge in [-0.25, -0.2) is 0 Å². The van der Waals surface area contributed by atoms with Crippen LogP contribution in [0.25, 0.3) is 0 Å². The molecule has 0 heterocycles. The van der Waals surface area contributed by atoms with Crippen LogP contribution in [0.5, 0.6) is 5.75 Å². The van der Waals surface area contributed by atoms with Gasteiger partial charge in [0, 0.05) is 6.04 Å². The molecule has 0 aromatic heterocycles. The molecular weight excluding hydrogens is 280 g/mol. The third-order valence-electron chi connectivity index (χ3n) is 3.94. The Bertz CT molecular complexity index is 482. The average Bonchev–Trinajstić information content (AvgIpc) is 2.54. The summed E-state index contributed by atoms with van der Waals surface area (Å²) >= 11 is 0. The number of para-hydroxylation sites is 1. The average molecular weight is 304 g/mol. The molecule has 1 saturated carbocycles. The van der Waals surface area contributed by atoms with Gasteiger partial charge in [-0.1, -0.05) is 25.1 Å². The molecule has 0 atom stereocenters. The van der Waals surface area contributed by atoms with Gasteiger partial charge in [-0.05, 0) is 43.7 Å². The van der Waals surface area contributed by atoms with Crippen molar-refractivity contribution in [2.45, 2.75) is 38.6 Å². The van der Waals surface area contributed by atoms with Crippen molar-refractivity contribution >= 4 is 11.8 Å². The Balaban J connectivity index is 1.60. The molecule has 5 heteroatoms. The Hall–Kier alpha value is -2.04. The molecule has 1 fully saturated rings. The molecule has 0 spiro atoms. The molecule has 2 amide bonds. The Kier molecular flexibility index (Phi) is 6.25. The van der Waals surface area contributed by atoms with E-state index < -0.39 is 0 Å². The summed E-state index contributed by atoms with van der Waals surface area (Å²) in [6.07, 6.45) is 4.36. The van der Waals surface area contributed by atoms with E-state index in [9.17, 15) is 9.59 Å². The summed E-state index contributed by atoms with van der Waals surface area (Å²) in [7, 11) is 0. The minimum Gasteiger partial charge on any atom is -0.484 e. The second-order valence-electron chi connectivity index (χ2n) is 5.90. The van der Waals surface area contributed by atoms with E-state index in [4.69, 9.17) is 4.74 Å². The van der Waals surface area contributed by atoms with Crippen molar-refractivity contribution in [3.05, 3.63) is 30.3 Å². The van der Waals surface area contributed by atoms with E-state index in [0.29, 0.717) is 5.75 Å². The topological polar surface area (TPSA) is 67.4 Å². The number of benzene rings is 1. The summed E-state index contributed by atoms with van der Waals surface area (Å²) in [5, 5.41) is 5.55. The number of nitrogens with one attached hydrogen (secondary N) is 2. The summed E-state index contributed by atoms with van der Waals surface area (Å²) < 4.78 is 5.32. The predicted octanol–water partition coefficient (Wildman–Crippen LogP) is 1.88. The van der Waals surface area contributed by atoms with Crippen LogP contribution < -0.4 is 15.4 Å². The Labute approximate surface area is 131 Å². The third kappa shape index (κ3) is 5.76. The van der Waals surface area contributed by atoms with Crippen molar-refractivity contribution in [2.24, 2.45) is 5.92 Å². The van der Waals surface area contributed by atoms with Crippen LogP contribution in [0, 0.1) is 5.92 Å². The minimum absolute atomic E-state index is 0.00301. The quantitative estimate of drug-likeness (QED) is 0.843. The van der Waals surface area contributed by atoms with Gasteiger partial charge in [0.2, 0.25) is 5.91 Å². The van der Waals surface area contributed by atoms with Crippen molar-refractivity contribution in [2.75, 3.05) is 13.2 Å². The van der Waals surface area contributed by atoms with E-state index >= 15 is 0 Å². The van der Waals surface area contributed by atoms with Crippen LogP contribution in [-0.2, 0) is 9.59 Å². The van der Waals surface area contributed by atoms with E-state index in [1.54, 1.807) is 12.1 Å². The van der Waals surface area contributed by atoms with Crippen LogP contribution >= 0.6 is 0 Å². The molecule has 2 rings (SSSR count). The first-order valence-electron chi connectivity index (χ1n) is 7.87. The molecule has 1 aliphatic carbocycles. The Morgan fingerprint density at radius 2 is 1.77 bits per heavy atom. The molecule has 0 bridgehead atoms. The van der Waals surface area contributed by atoms with Gasteiger partial charge in [-0.15, -0.1) is 0 Å². The maximum absolute atomic E-state index is 11.8. The molecule has 22 heavy (non-hydrogen) atoms. The fourth-order valence-electron chi connectivity index (χ4n) is 2.58. The first-order chi connectivity index (χ1) is 10.6. The Morgan fingerprint density at radius 3 is 2.45 bits per heavy atom. The third-order valence-corrected chi connectivity index (χ3v) is 3.94. The van der Waals surface area contributed by atoms with Crippen LogP contribution in [0.1, 0.15) is 32.6 Å². The van der Waals surface area contributed by atoms with Gasteiger partial charge in [-0.3, -0.25) is 9.59 Å². The summed E-state index contributed by atoms with van der Waals surface area (Å²) in [5.41, 5.74) is 0. The molecule has 0 aliphatic heterocycles. The highest BCUT2D eigenvalue weighted by molar-refractivity contribution is 5.85. The van der Waals surface area contributed by atoms with Crippen molar-refractivity contribution in [1.82, 2.24) is 10.6 Å². The molecule has 1 aromatic carbocycles. The van der Waals surface area contributed by atoms with Crippen molar-refractivity contribution in [3.8, 4) is 5.75 Å². The first kappa shape index (κ1) is 16.3. The number of hydrogen-bond acceptors (Lipinski definition) is 3. The highest BCUT2D eigenvalue weighted by Crippen LogP contribution is 2.23. The second kappa shape index (κ2) is 8.41. The zero-order valence-electron chi connectivity index (χ0n) is 13.0. The van der Waals surface area contributed by atoms with Crippen LogP contribution in [0.4, 0.5) is 0 Å². The lowest BCUT2D eigenvalue weighted by Crippen LogP contribution is -2.44. The smallest absolute Gasteiger partial charge is 0.258 e. The number of amides is 2.